The van der Waals surface area contributed by atoms with E-state index in [1.54, 1.807) is 6.07 Å². The van der Waals surface area contributed by atoms with Gasteiger partial charge in [-0.1, -0.05) is 30.7 Å². The van der Waals surface area contributed by atoms with Crippen LogP contribution in [-0.4, -0.2) is 21.4 Å². The number of benzene rings is 2. The van der Waals surface area contributed by atoms with Crippen molar-refractivity contribution in [3.63, 3.8) is 0 Å². The number of hydrazone groups is 1. The maximum absolute atomic E-state index is 9.79. The lowest BCUT2D eigenvalue weighted by Crippen LogP contribution is -2.37. The summed E-state index contributed by atoms with van der Waals surface area (Å²) in [5.74, 6) is 0.470. The Morgan fingerprint density at radius 2 is 1.97 bits per heavy atom. The van der Waals surface area contributed by atoms with E-state index in [1.165, 1.54) is 46.4 Å². The third-order valence-corrected chi connectivity index (χ3v) is 6.52. The molecule has 0 atom stereocenters. The number of thiazole rings is 1. The van der Waals surface area contributed by atoms with E-state index in [4.69, 9.17) is 4.98 Å². The van der Waals surface area contributed by atoms with Gasteiger partial charge in [0.1, 0.15) is 11.5 Å². The standard InChI is InChI=1S/C23H25N3O2S/c1-14-4-5-15(2)19(8-14)23(3)10-17(11-23)20-13-29-22(25-20)26-24-12-16-6-7-18(27)9-21(16)28/h4-9,12-13,17,27-28H,10-11H2,1-3H3,(H,25,26)/b24-12+. The first kappa shape index (κ1) is 19.5. The van der Waals surface area contributed by atoms with E-state index in [0.717, 1.165) is 23.7 Å². The lowest BCUT2D eigenvalue weighted by Gasteiger charge is -2.46. The van der Waals surface area contributed by atoms with Crippen LogP contribution >= 0.6 is 11.3 Å². The van der Waals surface area contributed by atoms with Gasteiger partial charge in [0.2, 0.25) is 5.13 Å². The van der Waals surface area contributed by atoms with E-state index in [1.807, 2.05) is 0 Å². The minimum atomic E-state index is -0.0180. The minimum absolute atomic E-state index is 0.0180. The number of nitrogens with zero attached hydrogens (tertiary/aromatic N) is 2. The van der Waals surface area contributed by atoms with Gasteiger partial charge in [-0.2, -0.15) is 5.10 Å². The Labute approximate surface area is 174 Å². The highest BCUT2D eigenvalue weighted by atomic mass is 32.1. The average molecular weight is 408 g/mol. The molecule has 150 valence electrons. The van der Waals surface area contributed by atoms with E-state index in [0.29, 0.717) is 11.5 Å². The maximum atomic E-state index is 9.79. The molecule has 0 aliphatic heterocycles. The smallest absolute Gasteiger partial charge is 0.203 e. The second-order valence-corrected chi connectivity index (χ2v) is 9.03. The zero-order chi connectivity index (χ0) is 20.6. The summed E-state index contributed by atoms with van der Waals surface area (Å²) >= 11 is 1.53. The van der Waals surface area contributed by atoms with Crippen molar-refractivity contribution in [2.75, 3.05) is 5.43 Å². The van der Waals surface area contributed by atoms with Crippen LogP contribution < -0.4 is 5.43 Å². The third-order valence-electron chi connectivity index (χ3n) is 5.76. The van der Waals surface area contributed by atoms with Gasteiger partial charge in [0.25, 0.3) is 0 Å². The Hall–Kier alpha value is -2.86. The van der Waals surface area contributed by atoms with Crippen molar-refractivity contribution in [1.29, 1.82) is 0 Å². The fourth-order valence-electron chi connectivity index (χ4n) is 4.17. The van der Waals surface area contributed by atoms with Crippen LogP contribution in [0.15, 0.2) is 46.9 Å². The highest BCUT2D eigenvalue weighted by Gasteiger charge is 2.43. The molecule has 0 amide bonds. The Morgan fingerprint density at radius 3 is 2.72 bits per heavy atom. The summed E-state index contributed by atoms with van der Waals surface area (Å²) in [7, 11) is 0. The molecule has 1 aliphatic carbocycles. The van der Waals surface area contributed by atoms with Crippen LogP contribution in [0.25, 0.3) is 0 Å². The zero-order valence-electron chi connectivity index (χ0n) is 16.8. The molecule has 1 aromatic heterocycles. The van der Waals surface area contributed by atoms with Gasteiger partial charge in [-0.15, -0.1) is 11.3 Å². The molecular formula is C23H25N3O2S. The van der Waals surface area contributed by atoms with Crippen molar-refractivity contribution in [2.24, 2.45) is 5.10 Å². The molecule has 0 radical (unpaired) electrons. The summed E-state index contributed by atoms with van der Waals surface area (Å²) in [4.78, 5) is 4.69. The topological polar surface area (TPSA) is 77.7 Å². The van der Waals surface area contributed by atoms with E-state index >= 15 is 0 Å². The molecule has 3 N–H and O–H groups in total. The van der Waals surface area contributed by atoms with Crippen molar-refractivity contribution in [1.82, 2.24) is 4.98 Å². The SMILES string of the molecule is Cc1ccc(C)c(C2(C)CC(c3csc(N/N=C/c4ccc(O)cc4O)n3)C2)c1. The largest absolute Gasteiger partial charge is 0.508 e. The average Bonchev–Trinajstić information content (AvgIpc) is 3.11. The highest BCUT2D eigenvalue weighted by Crippen LogP contribution is 2.53. The van der Waals surface area contributed by atoms with Gasteiger partial charge in [0.05, 0.1) is 11.9 Å². The Balaban J connectivity index is 1.39. The quantitative estimate of drug-likeness (QED) is 0.388. The Morgan fingerprint density at radius 1 is 1.17 bits per heavy atom. The second-order valence-electron chi connectivity index (χ2n) is 8.17. The number of nitrogens with one attached hydrogen (secondary N) is 1. The number of phenols is 2. The van der Waals surface area contributed by atoms with Crippen molar-refractivity contribution >= 4 is 22.7 Å². The maximum Gasteiger partial charge on any atom is 0.203 e. The number of hydrogen-bond acceptors (Lipinski definition) is 6. The number of rotatable bonds is 5. The van der Waals surface area contributed by atoms with E-state index in [2.05, 4.69) is 54.9 Å². The van der Waals surface area contributed by atoms with Gasteiger partial charge in [0.15, 0.2) is 0 Å². The normalized spacial score (nSPS) is 21.3. The first-order valence-corrected chi connectivity index (χ1v) is 10.6. The number of aromatic nitrogens is 1. The van der Waals surface area contributed by atoms with Crippen LogP contribution in [0.1, 0.15) is 53.6 Å². The predicted octanol–water partition coefficient (Wildman–Crippen LogP) is 5.45. The van der Waals surface area contributed by atoms with E-state index in [9.17, 15) is 10.2 Å². The van der Waals surface area contributed by atoms with Gasteiger partial charge in [-0.25, -0.2) is 4.98 Å². The van der Waals surface area contributed by atoms with Crippen LogP contribution in [0.4, 0.5) is 5.13 Å². The van der Waals surface area contributed by atoms with Crippen molar-refractivity contribution in [2.45, 2.75) is 44.9 Å². The van der Waals surface area contributed by atoms with Crippen LogP contribution in [-0.2, 0) is 5.41 Å². The van der Waals surface area contributed by atoms with Crippen LogP contribution in [0.5, 0.6) is 11.5 Å². The zero-order valence-corrected chi connectivity index (χ0v) is 17.6. The monoisotopic (exact) mass is 407 g/mol. The fourth-order valence-corrected chi connectivity index (χ4v) is 4.91. The van der Waals surface area contributed by atoms with Gasteiger partial charge < -0.3 is 10.2 Å². The highest BCUT2D eigenvalue weighted by molar-refractivity contribution is 7.13. The second kappa shape index (κ2) is 7.52. The molecule has 4 rings (SSSR count). The van der Waals surface area contributed by atoms with Crippen molar-refractivity contribution < 1.29 is 10.2 Å². The minimum Gasteiger partial charge on any atom is -0.508 e. The Kier molecular flexibility index (Phi) is 5.04. The molecule has 3 aromatic rings. The van der Waals surface area contributed by atoms with Gasteiger partial charge in [0, 0.05) is 22.9 Å². The third kappa shape index (κ3) is 3.98. The summed E-state index contributed by atoms with van der Waals surface area (Å²) in [6.07, 6.45) is 3.72. The van der Waals surface area contributed by atoms with Crippen LogP contribution in [0.2, 0.25) is 0 Å². The molecule has 29 heavy (non-hydrogen) atoms. The molecule has 0 unspecified atom stereocenters. The van der Waals surface area contributed by atoms with Crippen molar-refractivity contribution in [3.8, 4) is 11.5 Å². The number of anilines is 1. The predicted molar refractivity (Wildman–Crippen MR) is 118 cm³/mol. The van der Waals surface area contributed by atoms with Gasteiger partial charge >= 0.3 is 0 Å². The summed E-state index contributed by atoms with van der Waals surface area (Å²) in [6.45, 7) is 6.70. The molecular weight excluding hydrogens is 382 g/mol. The molecule has 1 fully saturated rings. The molecule has 6 heteroatoms. The van der Waals surface area contributed by atoms with Gasteiger partial charge in [-0.3, -0.25) is 5.43 Å². The molecule has 0 bridgehead atoms. The first-order valence-electron chi connectivity index (χ1n) is 9.68. The van der Waals surface area contributed by atoms with E-state index in [-0.39, 0.29) is 16.9 Å². The molecule has 1 saturated carbocycles. The number of aryl methyl sites for hydroxylation is 2. The van der Waals surface area contributed by atoms with Crippen molar-refractivity contribution in [3.05, 3.63) is 69.7 Å². The molecule has 0 spiro atoms. The molecule has 0 saturated heterocycles. The summed E-state index contributed by atoms with van der Waals surface area (Å²) in [5, 5.41) is 26.1. The molecule has 1 heterocycles. The molecule has 2 aromatic carbocycles. The number of aromatic hydroxyl groups is 2. The van der Waals surface area contributed by atoms with Crippen LogP contribution in [0, 0.1) is 13.8 Å². The number of hydrogen-bond donors (Lipinski definition) is 3. The summed E-state index contributed by atoms with van der Waals surface area (Å²) in [6, 6.07) is 11.1. The van der Waals surface area contributed by atoms with Gasteiger partial charge in [-0.05, 0) is 55.4 Å². The lowest BCUT2D eigenvalue weighted by atomic mass is 9.58. The van der Waals surface area contributed by atoms with Crippen LogP contribution in [0.3, 0.4) is 0 Å². The van der Waals surface area contributed by atoms with E-state index < -0.39 is 0 Å². The first-order chi connectivity index (χ1) is 13.8. The summed E-state index contributed by atoms with van der Waals surface area (Å²) < 4.78 is 0. The molecule has 5 nitrogen and oxygen atoms in total. The summed E-state index contributed by atoms with van der Waals surface area (Å²) in [5.41, 5.74) is 8.92. The number of phenolic OH excluding ortho intramolecular Hbond substituents is 2. The lowest BCUT2D eigenvalue weighted by molar-refractivity contribution is 0.221. The molecule has 1 aliphatic rings. The fraction of sp³-hybridized carbons (Fsp3) is 0.304. The Bertz CT molecular complexity index is 1070.